The molecule has 0 amide bonds. The molecular formula is C11H16N4O2S. The van der Waals surface area contributed by atoms with Crippen LogP contribution in [0.2, 0.25) is 0 Å². The van der Waals surface area contributed by atoms with Gasteiger partial charge in [-0.25, -0.2) is 18.1 Å². The van der Waals surface area contributed by atoms with E-state index in [0.29, 0.717) is 30.9 Å². The lowest BCUT2D eigenvalue weighted by Gasteiger charge is -2.06. The van der Waals surface area contributed by atoms with Crippen molar-refractivity contribution >= 4 is 15.8 Å². The van der Waals surface area contributed by atoms with Crippen LogP contribution < -0.4 is 10.0 Å². The Morgan fingerprint density at radius 1 is 1.39 bits per heavy atom. The molecule has 7 heteroatoms. The normalized spacial score (nSPS) is 10.9. The van der Waals surface area contributed by atoms with Crippen LogP contribution in [-0.2, 0) is 10.0 Å². The summed E-state index contributed by atoms with van der Waals surface area (Å²) >= 11 is 0. The highest BCUT2D eigenvalue weighted by Crippen LogP contribution is 2.03. The van der Waals surface area contributed by atoms with Gasteiger partial charge in [0, 0.05) is 19.3 Å². The summed E-state index contributed by atoms with van der Waals surface area (Å²) < 4.78 is 24.7. The Labute approximate surface area is 107 Å². The Hall–Kier alpha value is -1.65. The first-order chi connectivity index (χ1) is 8.57. The quantitative estimate of drug-likeness (QED) is 0.710. The van der Waals surface area contributed by atoms with E-state index in [1.165, 1.54) is 6.20 Å². The van der Waals surface area contributed by atoms with E-state index >= 15 is 0 Å². The first kappa shape index (κ1) is 14.4. The molecule has 6 nitrogen and oxygen atoms in total. The zero-order valence-corrected chi connectivity index (χ0v) is 11.0. The van der Waals surface area contributed by atoms with Gasteiger partial charge in [-0.15, -0.1) is 0 Å². The lowest BCUT2D eigenvalue weighted by Crippen LogP contribution is -2.27. The van der Waals surface area contributed by atoms with Gasteiger partial charge in [-0.05, 0) is 25.5 Å². The van der Waals surface area contributed by atoms with Crippen LogP contribution >= 0.6 is 0 Å². The standard InChI is InChI=1S/C11H16N4O2S/c1-2-18(16,17)15-7-3-6-13-11-5-4-10(8-12)9-14-11/h4-5,9,15H,2-3,6-7H2,1H3,(H,13,14). The van der Waals surface area contributed by atoms with Crippen molar-refractivity contribution in [3.63, 3.8) is 0 Å². The van der Waals surface area contributed by atoms with E-state index < -0.39 is 10.0 Å². The minimum absolute atomic E-state index is 0.0948. The average molecular weight is 268 g/mol. The van der Waals surface area contributed by atoms with Gasteiger partial charge in [0.2, 0.25) is 10.0 Å². The molecule has 0 spiro atoms. The van der Waals surface area contributed by atoms with Gasteiger partial charge >= 0.3 is 0 Å². The number of hydrogen-bond donors (Lipinski definition) is 2. The Kier molecular flexibility index (Phi) is 5.55. The third-order valence-corrected chi connectivity index (χ3v) is 3.66. The molecule has 2 N–H and O–H groups in total. The summed E-state index contributed by atoms with van der Waals surface area (Å²) in [7, 11) is -3.10. The third kappa shape index (κ3) is 5.12. The SMILES string of the molecule is CCS(=O)(=O)NCCCNc1ccc(C#N)cn1. The van der Waals surface area contributed by atoms with Crippen LogP contribution in [0.4, 0.5) is 5.82 Å². The summed E-state index contributed by atoms with van der Waals surface area (Å²) in [6.07, 6.45) is 2.16. The topological polar surface area (TPSA) is 94.9 Å². The van der Waals surface area contributed by atoms with Crippen molar-refractivity contribution in [2.75, 3.05) is 24.2 Å². The number of pyridine rings is 1. The molecular weight excluding hydrogens is 252 g/mol. The Morgan fingerprint density at radius 2 is 2.17 bits per heavy atom. The molecule has 1 rings (SSSR count). The molecule has 98 valence electrons. The van der Waals surface area contributed by atoms with Crippen LogP contribution in [0, 0.1) is 11.3 Å². The fourth-order valence-corrected chi connectivity index (χ4v) is 1.86. The lowest BCUT2D eigenvalue weighted by atomic mass is 10.3. The minimum atomic E-state index is -3.10. The van der Waals surface area contributed by atoms with Gasteiger partial charge in [-0.2, -0.15) is 5.26 Å². The number of nitrogens with zero attached hydrogens (tertiary/aromatic N) is 2. The van der Waals surface area contributed by atoms with Crippen molar-refractivity contribution in [3.8, 4) is 6.07 Å². The average Bonchev–Trinajstić information content (AvgIpc) is 2.39. The second kappa shape index (κ2) is 6.93. The van der Waals surface area contributed by atoms with Gasteiger partial charge < -0.3 is 5.32 Å². The first-order valence-electron chi connectivity index (χ1n) is 5.65. The predicted molar refractivity (Wildman–Crippen MR) is 69.5 cm³/mol. The maximum absolute atomic E-state index is 11.1. The molecule has 0 aromatic carbocycles. The van der Waals surface area contributed by atoms with E-state index in [9.17, 15) is 8.42 Å². The molecule has 0 atom stereocenters. The van der Waals surface area contributed by atoms with Crippen molar-refractivity contribution in [3.05, 3.63) is 23.9 Å². The summed E-state index contributed by atoms with van der Waals surface area (Å²) in [6, 6.07) is 5.38. The Balaban J connectivity index is 2.24. The predicted octanol–water partition coefficient (Wildman–Crippen LogP) is 0.695. The molecule has 1 aromatic rings. The van der Waals surface area contributed by atoms with E-state index in [1.54, 1.807) is 19.1 Å². The van der Waals surface area contributed by atoms with Crippen LogP contribution in [-0.4, -0.2) is 32.2 Å². The lowest BCUT2D eigenvalue weighted by molar-refractivity contribution is 0.581. The zero-order chi connectivity index (χ0) is 13.4. The summed E-state index contributed by atoms with van der Waals surface area (Å²) in [5, 5.41) is 11.6. The van der Waals surface area contributed by atoms with Gasteiger partial charge in [0.25, 0.3) is 0 Å². The van der Waals surface area contributed by atoms with E-state index in [1.807, 2.05) is 6.07 Å². The fourth-order valence-electron chi connectivity index (χ4n) is 1.20. The maximum Gasteiger partial charge on any atom is 0.211 e. The molecule has 0 aliphatic rings. The van der Waals surface area contributed by atoms with Gasteiger partial charge in [0.05, 0.1) is 11.3 Å². The molecule has 0 radical (unpaired) electrons. The number of hydrogen-bond acceptors (Lipinski definition) is 5. The van der Waals surface area contributed by atoms with Crippen LogP contribution in [0.15, 0.2) is 18.3 Å². The zero-order valence-electron chi connectivity index (χ0n) is 10.2. The van der Waals surface area contributed by atoms with Crippen molar-refractivity contribution in [2.45, 2.75) is 13.3 Å². The molecule has 18 heavy (non-hydrogen) atoms. The van der Waals surface area contributed by atoms with Crippen molar-refractivity contribution in [1.29, 1.82) is 5.26 Å². The van der Waals surface area contributed by atoms with Crippen LogP contribution in [0.25, 0.3) is 0 Å². The van der Waals surface area contributed by atoms with Crippen LogP contribution in [0.1, 0.15) is 18.9 Å². The van der Waals surface area contributed by atoms with E-state index in [4.69, 9.17) is 5.26 Å². The van der Waals surface area contributed by atoms with Crippen LogP contribution in [0.3, 0.4) is 0 Å². The summed E-state index contributed by atoms with van der Waals surface area (Å²) in [4.78, 5) is 4.04. The molecule has 1 aromatic heterocycles. The monoisotopic (exact) mass is 268 g/mol. The number of sulfonamides is 1. The molecule has 0 saturated heterocycles. The number of nitrogens with one attached hydrogen (secondary N) is 2. The largest absolute Gasteiger partial charge is 0.370 e. The molecule has 0 aliphatic carbocycles. The maximum atomic E-state index is 11.1. The molecule has 1 heterocycles. The second-order valence-corrected chi connectivity index (χ2v) is 5.72. The minimum Gasteiger partial charge on any atom is -0.370 e. The Bertz CT molecular complexity index is 505. The van der Waals surface area contributed by atoms with Gasteiger partial charge in [0.15, 0.2) is 0 Å². The van der Waals surface area contributed by atoms with Crippen molar-refractivity contribution in [1.82, 2.24) is 9.71 Å². The van der Waals surface area contributed by atoms with Gasteiger partial charge in [-0.3, -0.25) is 0 Å². The Morgan fingerprint density at radius 3 is 2.72 bits per heavy atom. The van der Waals surface area contributed by atoms with E-state index in [-0.39, 0.29) is 5.75 Å². The second-order valence-electron chi connectivity index (χ2n) is 3.62. The van der Waals surface area contributed by atoms with E-state index in [2.05, 4.69) is 15.0 Å². The highest BCUT2D eigenvalue weighted by atomic mass is 32.2. The van der Waals surface area contributed by atoms with Crippen molar-refractivity contribution in [2.24, 2.45) is 0 Å². The molecule has 0 aliphatic heterocycles. The first-order valence-corrected chi connectivity index (χ1v) is 7.30. The van der Waals surface area contributed by atoms with Gasteiger partial charge in [0.1, 0.15) is 11.9 Å². The highest BCUT2D eigenvalue weighted by Gasteiger charge is 2.04. The smallest absolute Gasteiger partial charge is 0.211 e. The number of anilines is 1. The van der Waals surface area contributed by atoms with Crippen molar-refractivity contribution < 1.29 is 8.42 Å². The summed E-state index contributed by atoms with van der Waals surface area (Å²) in [5.74, 6) is 0.768. The summed E-state index contributed by atoms with van der Waals surface area (Å²) in [6.45, 7) is 2.62. The number of rotatable bonds is 7. The molecule has 0 saturated carbocycles. The highest BCUT2D eigenvalue weighted by molar-refractivity contribution is 7.89. The molecule has 0 fully saturated rings. The van der Waals surface area contributed by atoms with Gasteiger partial charge in [-0.1, -0.05) is 0 Å². The van der Waals surface area contributed by atoms with E-state index in [0.717, 1.165) is 0 Å². The number of nitriles is 1. The summed E-state index contributed by atoms with van der Waals surface area (Å²) in [5.41, 5.74) is 0.510. The molecule has 0 unspecified atom stereocenters. The van der Waals surface area contributed by atoms with Crippen LogP contribution in [0.5, 0.6) is 0 Å². The molecule has 0 bridgehead atoms. The third-order valence-electron chi connectivity index (χ3n) is 2.25. The fraction of sp³-hybridized carbons (Fsp3) is 0.455. The number of aromatic nitrogens is 1.